The number of carbonyl (C=O) groups excluding carboxylic acids is 1. The third-order valence-electron chi connectivity index (χ3n) is 1.35. The van der Waals surface area contributed by atoms with Crippen LogP contribution in [0.1, 0.15) is 17.4 Å². The highest BCUT2D eigenvalue weighted by molar-refractivity contribution is 8.13. The third kappa shape index (κ3) is 2.24. The molecular weight excluding hydrogens is 232 g/mol. The van der Waals surface area contributed by atoms with Crippen molar-refractivity contribution in [3.8, 4) is 0 Å². The molecule has 0 spiro atoms. The molecule has 0 bridgehead atoms. The van der Waals surface area contributed by atoms with Crippen molar-refractivity contribution in [2.75, 3.05) is 6.61 Å². The first-order valence-electron chi connectivity index (χ1n) is 3.62. The first kappa shape index (κ1) is 11.0. The summed E-state index contributed by atoms with van der Waals surface area (Å²) in [5.74, 6) is -0.802. The summed E-state index contributed by atoms with van der Waals surface area (Å²) in [6.45, 7) is 1.74. The van der Waals surface area contributed by atoms with E-state index in [0.717, 1.165) is 6.20 Å². The predicted octanol–water partition coefficient (Wildman–Crippen LogP) is 0.514. The maximum absolute atomic E-state index is 11.2. The van der Waals surface area contributed by atoms with Crippen LogP contribution in [0, 0.1) is 0 Å². The highest BCUT2D eigenvalue weighted by Gasteiger charge is 2.23. The quantitative estimate of drug-likeness (QED) is 0.612. The van der Waals surface area contributed by atoms with Gasteiger partial charge in [-0.25, -0.2) is 13.2 Å². The van der Waals surface area contributed by atoms with Gasteiger partial charge in [-0.15, -0.1) is 0 Å². The van der Waals surface area contributed by atoms with Crippen LogP contribution in [0.25, 0.3) is 0 Å². The molecule has 78 valence electrons. The van der Waals surface area contributed by atoms with E-state index in [1.54, 1.807) is 6.92 Å². The Morgan fingerprint density at radius 1 is 1.71 bits per heavy atom. The monoisotopic (exact) mass is 238 g/mol. The first-order valence-corrected chi connectivity index (χ1v) is 5.93. The van der Waals surface area contributed by atoms with Crippen LogP contribution in [0.3, 0.4) is 0 Å². The van der Waals surface area contributed by atoms with E-state index in [2.05, 4.69) is 14.9 Å². The van der Waals surface area contributed by atoms with E-state index in [-0.39, 0.29) is 17.2 Å². The molecule has 1 rings (SSSR count). The van der Waals surface area contributed by atoms with Crippen LogP contribution in [0.4, 0.5) is 0 Å². The van der Waals surface area contributed by atoms with Crippen molar-refractivity contribution in [2.24, 2.45) is 0 Å². The van der Waals surface area contributed by atoms with Gasteiger partial charge in [0, 0.05) is 10.7 Å². The summed E-state index contributed by atoms with van der Waals surface area (Å²) in [7, 11) is 1.08. The van der Waals surface area contributed by atoms with E-state index in [1.807, 2.05) is 0 Å². The van der Waals surface area contributed by atoms with Crippen LogP contribution < -0.4 is 0 Å². The molecule has 0 aromatic carbocycles. The van der Waals surface area contributed by atoms with Gasteiger partial charge in [-0.1, -0.05) is 0 Å². The van der Waals surface area contributed by atoms with E-state index in [0.29, 0.717) is 0 Å². The Balaban J connectivity index is 3.12. The molecule has 0 radical (unpaired) electrons. The van der Waals surface area contributed by atoms with E-state index in [1.165, 1.54) is 0 Å². The molecule has 0 atom stereocenters. The zero-order valence-corrected chi connectivity index (χ0v) is 8.72. The van der Waals surface area contributed by atoms with Gasteiger partial charge in [0.15, 0.2) is 5.69 Å². The van der Waals surface area contributed by atoms with E-state index in [9.17, 15) is 13.2 Å². The van der Waals surface area contributed by atoms with Crippen molar-refractivity contribution in [3.05, 3.63) is 11.9 Å². The molecule has 1 heterocycles. The van der Waals surface area contributed by atoms with Gasteiger partial charge in [0.05, 0.1) is 12.8 Å². The van der Waals surface area contributed by atoms with Crippen molar-refractivity contribution >= 4 is 25.7 Å². The number of aromatic amines is 1. The van der Waals surface area contributed by atoms with Crippen molar-refractivity contribution in [3.63, 3.8) is 0 Å². The highest BCUT2D eigenvalue weighted by Crippen LogP contribution is 2.17. The van der Waals surface area contributed by atoms with Crippen LogP contribution in [0.2, 0.25) is 0 Å². The molecule has 6 nitrogen and oxygen atoms in total. The SMILES string of the molecule is CCOC(=O)c1[nH]ncc1S(=O)(=O)Cl. The number of carbonyl (C=O) groups is 1. The Morgan fingerprint density at radius 2 is 2.36 bits per heavy atom. The average Bonchev–Trinajstić information content (AvgIpc) is 2.50. The van der Waals surface area contributed by atoms with Crippen LogP contribution in [-0.4, -0.2) is 31.2 Å². The van der Waals surface area contributed by atoms with E-state index in [4.69, 9.17) is 10.7 Å². The normalized spacial score (nSPS) is 11.3. The largest absolute Gasteiger partial charge is 0.461 e. The molecule has 1 N–H and O–H groups in total. The Morgan fingerprint density at radius 3 is 2.86 bits per heavy atom. The molecule has 0 saturated carbocycles. The molecular formula is C6H7ClN2O4S. The number of nitrogens with one attached hydrogen (secondary N) is 1. The second-order valence-electron chi connectivity index (χ2n) is 2.27. The lowest BCUT2D eigenvalue weighted by Crippen LogP contribution is -2.08. The van der Waals surface area contributed by atoms with Crippen LogP contribution in [0.5, 0.6) is 0 Å². The molecule has 0 aliphatic heterocycles. The van der Waals surface area contributed by atoms with Gasteiger partial charge in [0.2, 0.25) is 0 Å². The predicted molar refractivity (Wildman–Crippen MR) is 47.6 cm³/mol. The second kappa shape index (κ2) is 3.97. The summed E-state index contributed by atoms with van der Waals surface area (Å²) >= 11 is 0. The molecule has 1 aromatic rings. The fraction of sp³-hybridized carbons (Fsp3) is 0.333. The molecule has 8 heteroatoms. The lowest BCUT2D eigenvalue weighted by Gasteiger charge is -1.99. The maximum Gasteiger partial charge on any atom is 0.357 e. The average molecular weight is 239 g/mol. The standard InChI is InChI=1S/C6H7ClN2O4S/c1-2-13-6(10)5-4(3-8-9-5)14(7,11)12/h3H,2H2,1H3,(H,8,9). The molecule has 0 aliphatic rings. The van der Waals surface area contributed by atoms with Crippen LogP contribution in [0.15, 0.2) is 11.1 Å². The van der Waals surface area contributed by atoms with Crippen molar-refractivity contribution in [2.45, 2.75) is 11.8 Å². The van der Waals surface area contributed by atoms with Crippen molar-refractivity contribution < 1.29 is 17.9 Å². The number of halogens is 1. The first-order chi connectivity index (χ1) is 6.46. The summed E-state index contributed by atoms with van der Waals surface area (Å²) in [6, 6.07) is 0. The van der Waals surface area contributed by atoms with Gasteiger partial charge in [-0.2, -0.15) is 5.10 Å². The van der Waals surface area contributed by atoms with Gasteiger partial charge in [0.25, 0.3) is 9.05 Å². The zero-order chi connectivity index (χ0) is 10.8. The minimum absolute atomic E-state index is 0.139. The molecule has 0 amide bonds. The Hall–Kier alpha value is -1.08. The number of H-pyrrole nitrogens is 1. The van der Waals surface area contributed by atoms with E-state index >= 15 is 0 Å². The number of ether oxygens (including phenoxy) is 1. The van der Waals surface area contributed by atoms with Gasteiger partial charge in [-0.3, -0.25) is 5.10 Å². The lowest BCUT2D eigenvalue weighted by molar-refractivity contribution is 0.0515. The van der Waals surface area contributed by atoms with Crippen LogP contribution >= 0.6 is 10.7 Å². The summed E-state index contributed by atoms with van der Waals surface area (Å²) in [4.78, 5) is 10.8. The third-order valence-corrected chi connectivity index (χ3v) is 2.68. The summed E-state index contributed by atoms with van der Waals surface area (Å²) in [5, 5.41) is 5.61. The molecule has 0 unspecified atom stereocenters. The smallest absolute Gasteiger partial charge is 0.357 e. The number of aromatic nitrogens is 2. The maximum atomic E-state index is 11.2. The van der Waals surface area contributed by atoms with Crippen LogP contribution in [-0.2, 0) is 13.8 Å². The molecule has 0 saturated heterocycles. The van der Waals surface area contributed by atoms with Crippen molar-refractivity contribution in [1.82, 2.24) is 10.2 Å². The highest BCUT2D eigenvalue weighted by atomic mass is 35.7. The number of hydrogen-bond acceptors (Lipinski definition) is 5. The fourth-order valence-corrected chi connectivity index (χ4v) is 1.71. The second-order valence-corrected chi connectivity index (χ2v) is 4.80. The number of rotatable bonds is 3. The zero-order valence-electron chi connectivity index (χ0n) is 7.15. The van der Waals surface area contributed by atoms with Gasteiger partial charge < -0.3 is 4.74 Å². The van der Waals surface area contributed by atoms with Gasteiger partial charge >= 0.3 is 5.97 Å². The van der Waals surface area contributed by atoms with Gasteiger partial charge in [0.1, 0.15) is 4.90 Å². The summed E-state index contributed by atoms with van der Waals surface area (Å²) in [6.07, 6.45) is 0.953. The fourth-order valence-electron chi connectivity index (χ4n) is 0.809. The Kier molecular flexibility index (Phi) is 3.12. The number of hydrogen-bond donors (Lipinski definition) is 1. The molecule has 1 aromatic heterocycles. The summed E-state index contributed by atoms with van der Waals surface area (Å²) in [5.41, 5.74) is -0.262. The molecule has 0 aliphatic carbocycles. The lowest BCUT2D eigenvalue weighted by atomic mass is 10.4. The number of esters is 1. The minimum atomic E-state index is -3.98. The minimum Gasteiger partial charge on any atom is -0.461 e. The summed E-state index contributed by atoms with van der Waals surface area (Å²) < 4.78 is 26.4. The van der Waals surface area contributed by atoms with E-state index < -0.39 is 15.0 Å². The molecule has 14 heavy (non-hydrogen) atoms. The number of nitrogens with zero attached hydrogens (tertiary/aromatic N) is 1. The van der Waals surface area contributed by atoms with Crippen molar-refractivity contribution in [1.29, 1.82) is 0 Å². The Labute approximate surface area is 84.6 Å². The topological polar surface area (TPSA) is 89.1 Å². The Bertz CT molecular complexity index is 438. The molecule has 0 fully saturated rings. The van der Waals surface area contributed by atoms with Gasteiger partial charge in [-0.05, 0) is 6.92 Å².